The third-order valence-electron chi connectivity index (χ3n) is 5.78. The Morgan fingerprint density at radius 2 is 1.30 bits per heavy atom. The van der Waals surface area contributed by atoms with Gasteiger partial charge in [0.05, 0.1) is 26.1 Å². The summed E-state index contributed by atoms with van der Waals surface area (Å²) < 4.78 is 0. The van der Waals surface area contributed by atoms with Crippen LogP contribution in [0.15, 0.2) is 30.3 Å². The molecule has 7 amide bonds. The van der Waals surface area contributed by atoms with Crippen molar-refractivity contribution in [2.24, 2.45) is 11.5 Å². The van der Waals surface area contributed by atoms with E-state index in [1.54, 1.807) is 30.3 Å². The minimum atomic E-state index is -1.55. The highest BCUT2D eigenvalue weighted by atomic mass is 16.4. The molecule has 0 aromatic heterocycles. The predicted molar refractivity (Wildman–Crippen MR) is 150 cm³/mol. The number of carboxylic acid groups (broad SMARTS) is 1. The van der Waals surface area contributed by atoms with Crippen molar-refractivity contribution in [1.29, 1.82) is 0 Å². The van der Waals surface area contributed by atoms with Crippen LogP contribution in [0.1, 0.15) is 31.2 Å². The third-order valence-corrected chi connectivity index (χ3v) is 5.78. The second-order valence-corrected chi connectivity index (χ2v) is 9.27. The summed E-state index contributed by atoms with van der Waals surface area (Å²) >= 11 is 0. The summed E-state index contributed by atoms with van der Waals surface area (Å²) in [5.41, 5.74) is 11.4. The first-order valence-corrected chi connectivity index (χ1v) is 13.3. The lowest BCUT2D eigenvalue weighted by Gasteiger charge is -2.20. The Morgan fingerprint density at radius 3 is 1.84 bits per heavy atom. The molecule has 1 aromatic carbocycles. The molecule has 0 saturated carbocycles. The van der Waals surface area contributed by atoms with Crippen molar-refractivity contribution >= 4 is 47.8 Å². The van der Waals surface area contributed by atoms with Crippen molar-refractivity contribution in [3.8, 4) is 0 Å². The fourth-order valence-electron chi connectivity index (χ4n) is 3.67. The summed E-state index contributed by atoms with van der Waals surface area (Å²) in [6.45, 7) is -1.29. The van der Waals surface area contributed by atoms with Crippen molar-refractivity contribution in [2.45, 2.75) is 50.2 Å². The lowest BCUT2D eigenvalue weighted by atomic mass is 10.1. The van der Waals surface area contributed by atoms with E-state index >= 15 is 0 Å². The number of nitrogens with one attached hydrogen (secondary N) is 6. The molecule has 3 atom stereocenters. The maximum absolute atomic E-state index is 13.0. The van der Waals surface area contributed by atoms with Gasteiger partial charge in [0.2, 0.25) is 41.9 Å². The number of carbonyl (C=O) groups excluding carboxylic acids is 7. The second kappa shape index (κ2) is 19.9. The molecule has 0 aliphatic rings. The van der Waals surface area contributed by atoms with Crippen LogP contribution in [0.4, 0.5) is 0 Å². The van der Waals surface area contributed by atoms with E-state index in [1.807, 2.05) is 0 Å². The van der Waals surface area contributed by atoms with Gasteiger partial charge >= 0.3 is 5.97 Å². The van der Waals surface area contributed by atoms with Crippen LogP contribution < -0.4 is 43.4 Å². The normalized spacial score (nSPS) is 12.4. The summed E-state index contributed by atoms with van der Waals surface area (Å²) in [6.07, 6.45) is 0.915. The van der Waals surface area contributed by atoms with E-state index in [4.69, 9.17) is 16.6 Å². The molecule has 0 saturated heterocycles. The smallest absolute Gasteiger partial charge is 0.305 e. The van der Waals surface area contributed by atoms with Gasteiger partial charge < -0.3 is 48.5 Å². The zero-order valence-corrected chi connectivity index (χ0v) is 23.4. The Kier molecular flexibility index (Phi) is 16.7. The molecule has 0 radical (unpaired) electrons. The van der Waals surface area contributed by atoms with Gasteiger partial charge in [-0.05, 0) is 31.4 Å². The number of primary amides is 1. The van der Waals surface area contributed by atoms with Crippen LogP contribution in [-0.2, 0) is 44.8 Å². The molecular weight excluding hydrogens is 568 g/mol. The van der Waals surface area contributed by atoms with Crippen molar-refractivity contribution in [3.05, 3.63) is 35.9 Å². The van der Waals surface area contributed by atoms with Crippen molar-refractivity contribution in [3.63, 3.8) is 0 Å². The highest BCUT2D eigenvalue weighted by Gasteiger charge is 2.26. The number of unbranched alkanes of at least 4 members (excludes halogenated alkanes) is 1. The SMILES string of the molecule is NCCCCC(NC(=O)CNC(=O)C(Cc1ccccc1)NC(=O)CNC(=O)C(CC(=O)O)NC(=O)CNC=O)C(N)=O. The van der Waals surface area contributed by atoms with E-state index in [-0.39, 0.29) is 19.3 Å². The van der Waals surface area contributed by atoms with E-state index in [9.17, 15) is 38.4 Å². The van der Waals surface area contributed by atoms with Gasteiger partial charge in [0.1, 0.15) is 18.1 Å². The Labute approximate surface area is 247 Å². The fraction of sp³-hybridized carbons (Fsp3) is 0.462. The van der Waals surface area contributed by atoms with Crippen LogP contribution in [0.3, 0.4) is 0 Å². The van der Waals surface area contributed by atoms with Gasteiger partial charge in [0.15, 0.2) is 0 Å². The number of carboxylic acids is 1. The standard InChI is InChI=1S/C26H38N8O9/c27-9-5-4-8-17(24(28)41)32-21(37)13-30-25(42)18(10-16-6-2-1-3-7-16)33-22(38)14-31-26(43)19(11-23(39)40)34-20(36)12-29-15-35/h1-3,6-7,15,17-19H,4-5,8-14,27H2,(H2,28,41)(H,29,35)(H,30,42)(H,31,43)(H,32,37)(H,33,38)(H,34,36)(H,39,40). The molecule has 236 valence electrons. The maximum atomic E-state index is 13.0. The molecule has 17 nitrogen and oxygen atoms in total. The number of hydrogen-bond acceptors (Lipinski definition) is 9. The Bertz CT molecular complexity index is 1130. The number of carbonyl (C=O) groups is 8. The average molecular weight is 607 g/mol. The van der Waals surface area contributed by atoms with Crippen LogP contribution >= 0.6 is 0 Å². The summed E-state index contributed by atoms with van der Waals surface area (Å²) in [6, 6.07) is 4.91. The van der Waals surface area contributed by atoms with Gasteiger partial charge in [-0.1, -0.05) is 30.3 Å². The van der Waals surface area contributed by atoms with Crippen LogP contribution in [0, 0.1) is 0 Å². The molecule has 1 rings (SSSR count). The molecule has 0 fully saturated rings. The van der Waals surface area contributed by atoms with E-state index in [0.29, 0.717) is 24.9 Å². The van der Waals surface area contributed by atoms with Crippen molar-refractivity contribution in [2.75, 3.05) is 26.2 Å². The molecule has 0 heterocycles. The van der Waals surface area contributed by atoms with Gasteiger partial charge in [-0.25, -0.2) is 0 Å². The number of hydrogen-bond donors (Lipinski definition) is 9. The summed E-state index contributed by atoms with van der Waals surface area (Å²) in [7, 11) is 0. The summed E-state index contributed by atoms with van der Waals surface area (Å²) in [4.78, 5) is 95.4. The molecule has 11 N–H and O–H groups in total. The number of benzene rings is 1. The minimum Gasteiger partial charge on any atom is -0.481 e. The van der Waals surface area contributed by atoms with Gasteiger partial charge in [-0.2, -0.15) is 0 Å². The van der Waals surface area contributed by atoms with E-state index in [2.05, 4.69) is 31.9 Å². The van der Waals surface area contributed by atoms with E-state index in [1.165, 1.54) is 0 Å². The second-order valence-electron chi connectivity index (χ2n) is 9.27. The molecule has 3 unspecified atom stereocenters. The van der Waals surface area contributed by atoms with Gasteiger partial charge in [0, 0.05) is 6.42 Å². The van der Waals surface area contributed by atoms with E-state index < -0.39 is 85.6 Å². The zero-order valence-electron chi connectivity index (χ0n) is 23.4. The molecule has 0 bridgehead atoms. The third kappa shape index (κ3) is 15.5. The lowest BCUT2D eigenvalue weighted by molar-refractivity contribution is -0.140. The largest absolute Gasteiger partial charge is 0.481 e. The van der Waals surface area contributed by atoms with E-state index in [0.717, 1.165) is 0 Å². The first-order chi connectivity index (χ1) is 20.5. The van der Waals surface area contributed by atoms with Gasteiger partial charge in [-0.3, -0.25) is 38.4 Å². The number of rotatable bonds is 21. The summed E-state index contributed by atoms with van der Waals surface area (Å²) in [5, 5.41) is 22.7. The highest BCUT2D eigenvalue weighted by molar-refractivity contribution is 5.95. The molecular formula is C26H38N8O9. The Hall–Kier alpha value is -5.06. The minimum absolute atomic E-state index is 0.0123. The molecule has 43 heavy (non-hydrogen) atoms. The molecule has 1 aromatic rings. The quantitative estimate of drug-likeness (QED) is 0.0480. The monoisotopic (exact) mass is 606 g/mol. The Balaban J connectivity index is 2.82. The maximum Gasteiger partial charge on any atom is 0.305 e. The first-order valence-electron chi connectivity index (χ1n) is 13.3. The highest BCUT2D eigenvalue weighted by Crippen LogP contribution is 2.04. The van der Waals surface area contributed by atoms with Crippen LogP contribution in [0.5, 0.6) is 0 Å². The number of amides is 7. The van der Waals surface area contributed by atoms with Crippen LogP contribution in [0.25, 0.3) is 0 Å². The number of aliphatic carboxylic acids is 1. The van der Waals surface area contributed by atoms with Crippen molar-refractivity contribution < 1.29 is 43.5 Å². The topological polar surface area (TPSA) is 281 Å². The molecule has 0 aliphatic carbocycles. The first kappa shape index (κ1) is 36.0. The molecule has 0 spiro atoms. The number of nitrogens with two attached hydrogens (primary N) is 2. The fourth-order valence-corrected chi connectivity index (χ4v) is 3.67. The molecule has 0 aliphatic heterocycles. The summed E-state index contributed by atoms with van der Waals surface area (Å²) in [5.74, 6) is -6.23. The van der Waals surface area contributed by atoms with Crippen LogP contribution in [-0.4, -0.2) is 97.2 Å². The predicted octanol–water partition coefficient (Wildman–Crippen LogP) is -4.25. The zero-order chi connectivity index (χ0) is 32.2. The average Bonchev–Trinajstić information content (AvgIpc) is 2.96. The Morgan fingerprint density at radius 1 is 0.767 bits per heavy atom. The van der Waals surface area contributed by atoms with Crippen LogP contribution in [0.2, 0.25) is 0 Å². The molecule has 17 heteroatoms. The van der Waals surface area contributed by atoms with Gasteiger partial charge in [0.25, 0.3) is 0 Å². The lowest BCUT2D eigenvalue weighted by Crippen LogP contribution is -2.54. The van der Waals surface area contributed by atoms with Crippen molar-refractivity contribution in [1.82, 2.24) is 31.9 Å². The van der Waals surface area contributed by atoms with Gasteiger partial charge in [-0.15, -0.1) is 0 Å².